The summed E-state index contributed by atoms with van der Waals surface area (Å²) in [7, 11) is -3.48. The zero-order chi connectivity index (χ0) is 22.3. The number of amides is 1. The fourth-order valence-corrected chi connectivity index (χ4v) is 5.49. The Labute approximate surface area is 185 Å². The smallest absolute Gasteiger partial charge is 0.247 e. The Hall–Kier alpha value is -2.51. The molecule has 3 rings (SSSR count). The van der Waals surface area contributed by atoms with Crippen molar-refractivity contribution in [2.45, 2.75) is 50.5 Å². The monoisotopic (exact) mass is 441 g/mol. The highest BCUT2D eigenvalue weighted by Gasteiger charge is 2.25. The Morgan fingerprint density at radius 3 is 2.39 bits per heavy atom. The number of nitrogens with zero attached hydrogens (tertiary/aromatic N) is 3. The number of aromatic nitrogens is 1. The van der Waals surface area contributed by atoms with Crippen molar-refractivity contribution in [2.24, 2.45) is 0 Å². The molecule has 0 aliphatic carbocycles. The number of hydrogen-bond acceptors (Lipinski definition) is 4. The first-order chi connectivity index (χ1) is 15.0. The van der Waals surface area contributed by atoms with E-state index in [1.807, 2.05) is 30.9 Å². The van der Waals surface area contributed by atoms with Gasteiger partial charge in [0, 0.05) is 38.1 Å². The Morgan fingerprint density at radius 1 is 1.06 bits per heavy atom. The van der Waals surface area contributed by atoms with Gasteiger partial charge in [-0.15, -0.1) is 0 Å². The lowest BCUT2D eigenvalue weighted by Gasteiger charge is -2.29. The average Bonchev–Trinajstić information content (AvgIpc) is 3.05. The summed E-state index contributed by atoms with van der Waals surface area (Å²) in [5, 5.41) is 0. The summed E-state index contributed by atoms with van der Waals surface area (Å²) in [5.41, 5.74) is 1.91. The van der Waals surface area contributed by atoms with Gasteiger partial charge >= 0.3 is 0 Å². The van der Waals surface area contributed by atoms with Crippen LogP contribution in [0.4, 0.5) is 0 Å². The molecular weight excluding hydrogens is 410 g/mol. The molecule has 1 aliphatic heterocycles. The highest BCUT2D eigenvalue weighted by atomic mass is 32.2. The molecule has 6 nitrogen and oxygen atoms in total. The highest BCUT2D eigenvalue weighted by Crippen LogP contribution is 2.30. The fourth-order valence-electron chi connectivity index (χ4n) is 4.03. The van der Waals surface area contributed by atoms with E-state index in [4.69, 9.17) is 0 Å². The number of hydrogen-bond donors (Lipinski definition) is 0. The molecule has 0 radical (unpaired) electrons. The molecule has 1 aromatic carbocycles. The summed E-state index contributed by atoms with van der Waals surface area (Å²) in [6.45, 7) is 5.25. The lowest BCUT2D eigenvalue weighted by Crippen LogP contribution is -2.33. The van der Waals surface area contributed by atoms with E-state index in [2.05, 4.69) is 4.98 Å². The number of rotatable bonds is 7. The van der Waals surface area contributed by atoms with Gasteiger partial charge in [-0.1, -0.05) is 38.8 Å². The molecule has 1 fully saturated rings. The first-order valence-electron chi connectivity index (χ1n) is 11.0. The molecule has 2 aromatic rings. The Bertz CT molecular complexity index is 984. The van der Waals surface area contributed by atoms with Gasteiger partial charge in [0.2, 0.25) is 15.9 Å². The average molecular weight is 442 g/mol. The molecule has 1 aromatic heterocycles. The SMILES string of the molecule is CCN(CC)S(=O)(=O)c1ccc(/C=C/C(=O)N2CCCCCC2c2ccncc2)cc1. The summed E-state index contributed by atoms with van der Waals surface area (Å²) in [4.78, 5) is 19.3. The quantitative estimate of drug-likeness (QED) is 0.602. The van der Waals surface area contributed by atoms with E-state index >= 15 is 0 Å². The molecule has 1 saturated heterocycles. The Kier molecular flexibility index (Phi) is 7.98. The third kappa shape index (κ3) is 5.60. The van der Waals surface area contributed by atoms with Crippen LogP contribution in [0.3, 0.4) is 0 Å². The summed E-state index contributed by atoms with van der Waals surface area (Å²) >= 11 is 0. The predicted molar refractivity (Wildman–Crippen MR) is 123 cm³/mol. The van der Waals surface area contributed by atoms with Crippen LogP contribution in [0.15, 0.2) is 59.8 Å². The number of likely N-dealkylation sites (tertiary alicyclic amines) is 1. The third-order valence-electron chi connectivity index (χ3n) is 5.77. The number of carbonyl (C=O) groups excluding carboxylic acids is 1. The van der Waals surface area contributed by atoms with Crippen molar-refractivity contribution in [1.82, 2.24) is 14.2 Å². The van der Waals surface area contributed by atoms with Crippen molar-refractivity contribution in [3.05, 3.63) is 66.0 Å². The molecule has 7 heteroatoms. The molecule has 31 heavy (non-hydrogen) atoms. The van der Waals surface area contributed by atoms with Gasteiger partial charge in [-0.25, -0.2) is 8.42 Å². The number of carbonyl (C=O) groups is 1. The zero-order valence-corrected chi connectivity index (χ0v) is 19.1. The fraction of sp³-hybridized carbons (Fsp3) is 0.417. The van der Waals surface area contributed by atoms with Crippen LogP contribution >= 0.6 is 0 Å². The van der Waals surface area contributed by atoms with E-state index in [-0.39, 0.29) is 16.8 Å². The lowest BCUT2D eigenvalue weighted by molar-refractivity contribution is -0.128. The second kappa shape index (κ2) is 10.7. The van der Waals surface area contributed by atoms with E-state index in [1.165, 1.54) is 4.31 Å². The maximum absolute atomic E-state index is 13.0. The zero-order valence-electron chi connectivity index (χ0n) is 18.3. The standard InChI is InChI=1S/C24H31N3O3S/c1-3-26(4-2)31(29,30)22-12-9-20(10-13-22)11-14-24(28)27-19-7-5-6-8-23(27)21-15-17-25-18-16-21/h9-18,23H,3-8,19H2,1-2H3/b14-11+. The van der Waals surface area contributed by atoms with Crippen molar-refractivity contribution in [2.75, 3.05) is 19.6 Å². The molecule has 1 aliphatic rings. The normalized spacial score (nSPS) is 17.8. The maximum atomic E-state index is 13.0. The molecule has 1 unspecified atom stereocenters. The van der Waals surface area contributed by atoms with E-state index in [9.17, 15) is 13.2 Å². The molecule has 0 saturated carbocycles. The molecular formula is C24H31N3O3S. The number of benzene rings is 1. The van der Waals surface area contributed by atoms with Crippen LogP contribution in [-0.2, 0) is 14.8 Å². The number of pyridine rings is 1. The highest BCUT2D eigenvalue weighted by molar-refractivity contribution is 7.89. The van der Waals surface area contributed by atoms with Crippen molar-refractivity contribution in [3.8, 4) is 0 Å². The number of sulfonamides is 1. The second-order valence-corrected chi connectivity index (χ2v) is 9.61. The van der Waals surface area contributed by atoms with Crippen LogP contribution < -0.4 is 0 Å². The minimum atomic E-state index is -3.48. The summed E-state index contributed by atoms with van der Waals surface area (Å²) in [6, 6.07) is 10.7. The van der Waals surface area contributed by atoms with Gasteiger partial charge in [0.05, 0.1) is 10.9 Å². The third-order valence-corrected chi connectivity index (χ3v) is 7.83. The van der Waals surface area contributed by atoms with Crippen LogP contribution in [0.5, 0.6) is 0 Å². The van der Waals surface area contributed by atoms with E-state index in [0.29, 0.717) is 13.1 Å². The Balaban J connectivity index is 1.75. The van der Waals surface area contributed by atoms with Crippen molar-refractivity contribution >= 4 is 22.0 Å². The van der Waals surface area contributed by atoms with Gasteiger partial charge in [0.1, 0.15) is 0 Å². The predicted octanol–water partition coefficient (Wildman–Crippen LogP) is 4.27. The van der Waals surface area contributed by atoms with Crippen molar-refractivity contribution in [1.29, 1.82) is 0 Å². The maximum Gasteiger partial charge on any atom is 0.247 e. The van der Waals surface area contributed by atoms with Gasteiger partial charge in [0.15, 0.2) is 0 Å². The van der Waals surface area contributed by atoms with Crippen LogP contribution in [0, 0.1) is 0 Å². The molecule has 1 atom stereocenters. The van der Waals surface area contributed by atoms with Crippen LogP contribution in [0.2, 0.25) is 0 Å². The second-order valence-electron chi connectivity index (χ2n) is 7.67. The minimum absolute atomic E-state index is 0.0245. The Morgan fingerprint density at radius 2 is 1.74 bits per heavy atom. The molecule has 0 bridgehead atoms. The van der Waals surface area contributed by atoms with Crippen molar-refractivity contribution in [3.63, 3.8) is 0 Å². The van der Waals surface area contributed by atoms with Gasteiger partial charge in [-0.3, -0.25) is 9.78 Å². The topological polar surface area (TPSA) is 70.6 Å². The molecule has 0 spiro atoms. The van der Waals surface area contributed by atoms with Crippen LogP contribution in [-0.4, -0.2) is 48.1 Å². The summed E-state index contributed by atoms with van der Waals surface area (Å²) in [5.74, 6) is -0.0245. The molecule has 0 N–H and O–H groups in total. The van der Waals surface area contributed by atoms with E-state index < -0.39 is 10.0 Å². The molecule has 2 heterocycles. The van der Waals surface area contributed by atoms with Gasteiger partial charge in [-0.05, 0) is 54.3 Å². The van der Waals surface area contributed by atoms with Gasteiger partial charge in [0.25, 0.3) is 0 Å². The van der Waals surface area contributed by atoms with Crippen LogP contribution in [0.25, 0.3) is 6.08 Å². The molecule has 1 amide bonds. The largest absolute Gasteiger partial charge is 0.332 e. The van der Waals surface area contributed by atoms with Gasteiger partial charge < -0.3 is 4.90 Å². The first-order valence-corrected chi connectivity index (χ1v) is 12.4. The van der Waals surface area contributed by atoms with Gasteiger partial charge in [-0.2, -0.15) is 4.31 Å². The lowest BCUT2D eigenvalue weighted by atomic mass is 10.0. The van der Waals surface area contributed by atoms with E-state index in [0.717, 1.165) is 43.4 Å². The molecule has 166 valence electrons. The van der Waals surface area contributed by atoms with Crippen molar-refractivity contribution < 1.29 is 13.2 Å². The van der Waals surface area contributed by atoms with E-state index in [1.54, 1.807) is 48.8 Å². The van der Waals surface area contributed by atoms with Crippen LogP contribution in [0.1, 0.15) is 56.7 Å². The summed E-state index contributed by atoms with van der Waals surface area (Å²) in [6.07, 6.45) is 11.1. The summed E-state index contributed by atoms with van der Waals surface area (Å²) < 4.78 is 26.7. The minimum Gasteiger partial charge on any atom is -0.332 e. The first kappa shape index (κ1) is 23.2.